The van der Waals surface area contributed by atoms with E-state index >= 15 is 0 Å². The normalized spacial score (nSPS) is 32.6. The molecule has 17 heavy (non-hydrogen) atoms. The third kappa shape index (κ3) is 3.21. The van der Waals surface area contributed by atoms with Crippen LogP contribution in [0.2, 0.25) is 0 Å². The van der Waals surface area contributed by atoms with Gasteiger partial charge < -0.3 is 10.2 Å². The van der Waals surface area contributed by atoms with Crippen LogP contribution in [0, 0.1) is 11.8 Å². The van der Waals surface area contributed by atoms with E-state index in [0.29, 0.717) is 29.8 Å². The Morgan fingerprint density at radius 2 is 2.12 bits per heavy atom. The second kappa shape index (κ2) is 5.38. The van der Waals surface area contributed by atoms with Crippen molar-refractivity contribution >= 4 is 5.91 Å². The molecule has 1 saturated carbocycles. The maximum Gasteiger partial charge on any atom is 0.226 e. The van der Waals surface area contributed by atoms with Crippen molar-refractivity contribution in [1.82, 2.24) is 10.2 Å². The summed E-state index contributed by atoms with van der Waals surface area (Å²) in [4.78, 5) is 14.4. The van der Waals surface area contributed by atoms with Crippen LogP contribution in [0.25, 0.3) is 0 Å². The van der Waals surface area contributed by atoms with Gasteiger partial charge in [0.25, 0.3) is 0 Å². The zero-order valence-corrected chi connectivity index (χ0v) is 11.4. The van der Waals surface area contributed by atoms with Gasteiger partial charge in [-0.15, -0.1) is 0 Å². The lowest BCUT2D eigenvalue weighted by atomic mass is 10.0. The van der Waals surface area contributed by atoms with Gasteiger partial charge in [-0.05, 0) is 45.6 Å². The summed E-state index contributed by atoms with van der Waals surface area (Å²) in [5.41, 5.74) is 0. The number of amides is 1. The van der Waals surface area contributed by atoms with Crippen molar-refractivity contribution in [2.75, 3.05) is 13.1 Å². The molecule has 3 nitrogen and oxygen atoms in total. The van der Waals surface area contributed by atoms with E-state index in [2.05, 4.69) is 31.0 Å². The van der Waals surface area contributed by atoms with E-state index in [4.69, 9.17) is 0 Å². The van der Waals surface area contributed by atoms with Crippen LogP contribution >= 0.6 is 0 Å². The molecular formula is C14H26N2O. The second-order valence-corrected chi connectivity index (χ2v) is 6.05. The molecule has 0 bridgehead atoms. The molecule has 2 aliphatic rings. The minimum atomic E-state index is 0.320. The molecule has 3 heteroatoms. The first-order valence-electron chi connectivity index (χ1n) is 7.13. The molecule has 3 unspecified atom stereocenters. The van der Waals surface area contributed by atoms with E-state index in [1.807, 2.05) is 0 Å². The standard InChI is InChI=1S/C14H26N2O/c1-10(2)16(14(17)13-8-11(13)3)9-12-6-4-5-7-15-12/h10-13,15H,4-9H2,1-3H3. The Morgan fingerprint density at radius 3 is 2.59 bits per heavy atom. The van der Waals surface area contributed by atoms with Gasteiger partial charge in [-0.25, -0.2) is 0 Å². The fourth-order valence-corrected chi connectivity index (χ4v) is 2.75. The maximum absolute atomic E-state index is 12.3. The highest BCUT2D eigenvalue weighted by Gasteiger charge is 2.42. The molecule has 0 aromatic carbocycles. The monoisotopic (exact) mass is 238 g/mol. The van der Waals surface area contributed by atoms with Gasteiger partial charge >= 0.3 is 0 Å². The molecule has 1 amide bonds. The average molecular weight is 238 g/mol. The van der Waals surface area contributed by atoms with Gasteiger partial charge in [0.05, 0.1) is 0 Å². The number of hydrogen-bond donors (Lipinski definition) is 1. The number of carbonyl (C=O) groups is 1. The molecule has 1 aliphatic heterocycles. The molecule has 0 aromatic rings. The zero-order chi connectivity index (χ0) is 12.4. The summed E-state index contributed by atoms with van der Waals surface area (Å²) in [6.45, 7) is 8.46. The Bertz CT molecular complexity index is 271. The van der Waals surface area contributed by atoms with Gasteiger partial charge in [0, 0.05) is 24.5 Å². The smallest absolute Gasteiger partial charge is 0.226 e. The fourth-order valence-electron chi connectivity index (χ4n) is 2.75. The highest BCUT2D eigenvalue weighted by Crippen LogP contribution is 2.39. The third-order valence-electron chi connectivity index (χ3n) is 4.16. The van der Waals surface area contributed by atoms with Crippen molar-refractivity contribution in [2.45, 2.75) is 58.5 Å². The Hall–Kier alpha value is -0.570. The Morgan fingerprint density at radius 1 is 1.41 bits per heavy atom. The highest BCUT2D eigenvalue weighted by atomic mass is 16.2. The van der Waals surface area contributed by atoms with Crippen LogP contribution < -0.4 is 5.32 Å². The van der Waals surface area contributed by atoms with Crippen LogP contribution in [0.15, 0.2) is 0 Å². The van der Waals surface area contributed by atoms with Crippen LogP contribution in [0.1, 0.15) is 46.5 Å². The van der Waals surface area contributed by atoms with Crippen molar-refractivity contribution in [3.63, 3.8) is 0 Å². The fraction of sp³-hybridized carbons (Fsp3) is 0.929. The zero-order valence-electron chi connectivity index (χ0n) is 11.4. The van der Waals surface area contributed by atoms with E-state index in [9.17, 15) is 4.79 Å². The van der Waals surface area contributed by atoms with Crippen LogP contribution in [0.5, 0.6) is 0 Å². The summed E-state index contributed by atoms with van der Waals surface area (Å²) >= 11 is 0. The van der Waals surface area contributed by atoms with E-state index < -0.39 is 0 Å². The van der Waals surface area contributed by atoms with Crippen LogP contribution in [0.3, 0.4) is 0 Å². The minimum Gasteiger partial charge on any atom is -0.338 e. The third-order valence-corrected chi connectivity index (χ3v) is 4.16. The lowest BCUT2D eigenvalue weighted by molar-refractivity contribution is -0.135. The van der Waals surface area contributed by atoms with Crippen LogP contribution in [-0.4, -0.2) is 36.0 Å². The number of nitrogens with zero attached hydrogens (tertiary/aromatic N) is 1. The number of nitrogens with one attached hydrogen (secondary N) is 1. The molecule has 1 aliphatic carbocycles. The predicted molar refractivity (Wildman–Crippen MR) is 69.8 cm³/mol. The predicted octanol–water partition coefficient (Wildman–Crippen LogP) is 2.02. The summed E-state index contributed by atoms with van der Waals surface area (Å²) < 4.78 is 0. The molecule has 0 radical (unpaired) electrons. The Labute approximate surface area is 105 Å². The summed E-state index contributed by atoms with van der Waals surface area (Å²) in [7, 11) is 0. The largest absolute Gasteiger partial charge is 0.338 e. The average Bonchev–Trinajstić information content (AvgIpc) is 3.03. The first kappa shape index (κ1) is 12.9. The Kier molecular flexibility index (Phi) is 4.08. The summed E-state index contributed by atoms with van der Waals surface area (Å²) in [5, 5.41) is 3.54. The van der Waals surface area contributed by atoms with Gasteiger partial charge in [0.1, 0.15) is 0 Å². The summed E-state index contributed by atoms with van der Waals surface area (Å²) in [5.74, 6) is 1.32. The Balaban J connectivity index is 1.89. The molecule has 2 fully saturated rings. The van der Waals surface area contributed by atoms with Gasteiger partial charge in [-0.3, -0.25) is 4.79 Å². The summed E-state index contributed by atoms with van der Waals surface area (Å²) in [6.07, 6.45) is 4.90. The number of carbonyl (C=O) groups excluding carboxylic acids is 1. The molecular weight excluding hydrogens is 212 g/mol. The summed E-state index contributed by atoms with van der Waals surface area (Å²) in [6, 6.07) is 0.850. The lowest BCUT2D eigenvalue weighted by Gasteiger charge is -2.33. The molecule has 2 rings (SSSR count). The first-order valence-corrected chi connectivity index (χ1v) is 7.13. The van der Waals surface area contributed by atoms with E-state index in [1.165, 1.54) is 19.3 Å². The van der Waals surface area contributed by atoms with Gasteiger partial charge in [-0.1, -0.05) is 13.3 Å². The highest BCUT2D eigenvalue weighted by molar-refractivity contribution is 5.81. The molecule has 3 atom stereocenters. The molecule has 1 heterocycles. The maximum atomic E-state index is 12.3. The van der Waals surface area contributed by atoms with E-state index in [1.54, 1.807) is 0 Å². The van der Waals surface area contributed by atoms with Gasteiger partial charge in [0.15, 0.2) is 0 Å². The molecule has 1 N–H and O–H groups in total. The molecule has 0 spiro atoms. The van der Waals surface area contributed by atoms with Crippen molar-refractivity contribution in [3.05, 3.63) is 0 Å². The number of hydrogen-bond acceptors (Lipinski definition) is 2. The van der Waals surface area contributed by atoms with Crippen LogP contribution in [0.4, 0.5) is 0 Å². The number of piperidine rings is 1. The topological polar surface area (TPSA) is 32.3 Å². The van der Waals surface area contributed by atoms with E-state index in [0.717, 1.165) is 19.5 Å². The van der Waals surface area contributed by atoms with Crippen molar-refractivity contribution in [2.24, 2.45) is 11.8 Å². The first-order chi connectivity index (χ1) is 8.09. The van der Waals surface area contributed by atoms with Gasteiger partial charge in [0.2, 0.25) is 5.91 Å². The second-order valence-electron chi connectivity index (χ2n) is 6.05. The molecule has 1 saturated heterocycles. The van der Waals surface area contributed by atoms with Crippen molar-refractivity contribution < 1.29 is 4.79 Å². The minimum absolute atomic E-state index is 0.320. The van der Waals surface area contributed by atoms with Crippen LogP contribution in [-0.2, 0) is 4.79 Å². The van der Waals surface area contributed by atoms with Gasteiger partial charge in [-0.2, -0.15) is 0 Å². The lowest BCUT2D eigenvalue weighted by Crippen LogP contribution is -2.48. The quantitative estimate of drug-likeness (QED) is 0.812. The van der Waals surface area contributed by atoms with Crippen molar-refractivity contribution in [3.8, 4) is 0 Å². The molecule has 98 valence electrons. The SMILES string of the molecule is CC1CC1C(=O)N(CC1CCCCN1)C(C)C. The molecule has 0 aromatic heterocycles. The van der Waals surface area contributed by atoms with Crippen molar-refractivity contribution in [1.29, 1.82) is 0 Å². The van der Waals surface area contributed by atoms with E-state index in [-0.39, 0.29) is 0 Å². The number of rotatable bonds is 4.